The molecule has 0 saturated heterocycles. The van der Waals surface area contributed by atoms with Gasteiger partial charge in [-0.15, -0.1) is 0 Å². The second-order valence-electron chi connectivity index (χ2n) is 6.85. The van der Waals surface area contributed by atoms with Gasteiger partial charge in [0.05, 0.1) is 18.6 Å². The first kappa shape index (κ1) is 27.2. The minimum Gasteiger partial charge on any atom is -0.481 e. The number of carbonyl (C=O) groups is 5. The summed E-state index contributed by atoms with van der Waals surface area (Å²) in [6.45, 7) is 2.77. The molecule has 10 N–H and O–H groups in total. The third-order valence-electron chi connectivity index (χ3n) is 4.11. The number of nitrogens with one attached hydrogen (secondary N) is 3. The number of aliphatic hydroxyl groups is 1. The third kappa shape index (κ3) is 10.1. The predicted octanol–water partition coefficient (Wildman–Crippen LogP) is -3.14. The summed E-state index contributed by atoms with van der Waals surface area (Å²) >= 11 is 0. The Labute approximate surface area is 173 Å². The molecule has 0 aliphatic heterocycles. The standard InChI is InChI=1S/C17H31N5O8/c1-8(17(29)30)20-16(28)13(9(2)23)22-15(27)11(7-12(24)25)21-14(26)10(19)5-3-4-6-18/h8-11,13,23H,3-7,18-19H2,1-2H3,(H,20,28)(H,21,26)(H,22,27)(H,24,25)(H,29,30). The maximum atomic E-state index is 12.5. The second-order valence-corrected chi connectivity index (χ2v) is 6.85. The van der Waals surface area contributed by atoms with E-state index in [0.29, 0.717) is 19.4 Å². The number of carbonyl (C=O) groups excluding carboxylic acids is 3. The van der Waals surface area contributed by atoms with Crippen LogP contribution in [0.4, 0.5) is 0 Å². The van der Waals surface area contributed by atoms with Crippen molar-refractivity contribution in [3.8, 4) is 0 Å². The summed E-state index contributed by atoms with van der Waals surface area (Å²) in [4.78, 5) is 58.8. The Morgan fingerprint density at radius 3 is 1.97 bits per heavy atom. The first-order valence-corrected chi connectivity index (χ1v) is 9.40. The average Bonchev–Trinajstić information content (AvgIpc) is 2.64. The van der Waals surface area contributed by atoms with Gasteiger partial charge in [0.2, 0.25) is 17.7 Å². The highest BCUT2D eigenvalue weighted by Crippen LogP contribution is 2.02. The van der Waals surface area contributed by atoms with Gasteiger partial charge in [0.1, 0.15) is 18.1 Å². The SMILES string of the molecule is CC(NC(=O)C(NC(=O)C(CC(=O)O)NC(=O)C(N)CCCCN)C(C)O)C(=O)O. The summed E-state index contributed by atoms with van der Waals surface area (Å²) in [6.07, 6.45) is -0.759. The molecule has 0 aliphatic rings. The molecule has 13 heteroatoms. The van der Waals surface area contributed by atoms with Gasteiger partial charge >= 0.3 is 11.9 Å². The van der Waals surface area contributed by atoms with Crippen molar-refractivity contribution >= 4 is 29.7 Å². The summed E-state index contributed by atoms with van der Waals surface area (Å²) in [6, 6.07) is -5.43. The number of hydrogen-bond acceptors (Lipinski definition) is 8. The van der Waals surface area contributed by atoms with Crippen LogP contribution in [0.25, 0.3) is 0 Å². The van der Waals surface area contributed by atoms with Crippen LogP contribution in [0.5, 0.6) is 0 Å². The van der Waals surface area contributed by atoms with Crippen molar-refractivity contribution < 1.29 is 39.3 Å². The Morgan fingerprint density at radius 1 is 0.900 bits per heavy atom. The number of carboxylic acid groups (broad SMARTS) is 2. The van der Waals surface area contributed by atoms with Crippen LogP contribution in [0.1, 0.15) is 39.5 Å². The zero-order valence-electron chi connectivity index (χ0n) is 17.0. The number of rotatable bonds is 14. The zero-order chi connectivity index (χ0) is 23.4. The quantitative estimate of drug-likeness (QED) is 0.128. The number of amides is 3. The van der Waals surface area contributed by atoms with Crippen molar-refractivity contribution in [2.24, 2.45) is 11.5 Å². The van der Waals surface area contributed by atoms with E-state index in [1.165, 1.54) is 13.8 Å². The van der Waals surface area contributed by atoms with Crippen molar-refractivity contribution in [2.75, 3.05) is 6.54 Å². The van der Waals surface area contributed by atoms with Gasteiger partial charge in [-0.05, 0) is 33.2 Å². The normalized spacial score (nSPS) is 15.8. The third-order valence-corrected chi connectivity index (χ3v) is 4.11. The van der Waals surface area contributed by atoms with Crippen molar-refractivity contribution in [1.29, 1.82) is 0 Å². The van der Waals surface area contributed by atoms with Crippen molar-refractivity contribution in [1.82, 2.24) is 16.0 Å². The molecular weight excluding hydrogens is 402 g/mol. The molecule has 0 aromatic carbocycles. The molecule has 13 nitrogen and oxygen atoms in total. The molecule has 0 radical (unpaired) electrons. The minimum atomic E-state index is -1.58. The highest BCUT2D eigenvalue weighted by Gasteiger charge is 2.32. The fourth-order valence-electron chi connectivity index (χ4n) is 2.33. The van der Waals surface area contributed by atoms with E-state index in [0.717, 1.165) is 0 Å². The van der Waals surface area contributed by atoms with Crippen LogP contribution in [0.15, 0.2) is 0 Å². The Hall–Kier alpha value is -2.77. The van der Waals surface area contributed by atoms with Crippen LogP contribution in [0.3, 0.4) is 0 Å². The molecular formula is C17H31N5O8. The maximum absolute atomic E-state index is 12.5. The van der Waals surface area contributed by atoms with Gasteiger partial charge in [0, 0.05) is 0 Å². The summed E-state index contributed by atoms with van der Waals surface area (Å²) in [7, 11) is 0. The average molecular weight is 433 g/mol. The molecule has 0 spiro atoms. The van der Waals surface area contributed by atoms with Crippen molar-refractivity contribution in [3.63, 3.8) is 0 Å². The molecule has 3 amide bonds. The lowest BCUT2D eigenvalue weighted by Gasteiger charge is -2.25. The van der Waals surface area contributed by atoms with Crippen LogP contribution >= 0.6 is 0 Å². The smallest absolute Gasteiger partial charge is 0.325 e. The number of unbranched alkanes of at least 4 members (excludes halogenated alkanes) is 1. The number of carboxylic acids is 2. The number of aliphatic hydroxyl groups excluding tert-OH is 1. The molecule has 0 aromatic rings. The Morgan fingerprint density at radius 2 is 1.50 bits per heavy atom. The van der Waals surface area contributed by atoms with E-state index in [2.05, 4.69) is 16.0 Å². The fourth-order valence-corrected chi connectivity index (χ4v) is 2.33. The van der Waals surface area contributed by atoms with Gasteiger partial charge in [0.15, 0.2) is 0 Å². The monoisotopic (exact) mass is 433 g/mol. The lowest BCUT2D eigenvalue weighted by atomic mass is 10.1. The molecule has 0 rings (SSSR count). The molecule has 0 saturated carbocycles. The molecule has 30 heavy (non-hydrogen) atoms. The summed E-state index contributed by atoms with van der Waals surface area (Å²) in [5.74, 6) is -5.54. The Bertz CT molecular complexity index is 627. The highest BCUT2D eigenvalue weighted by molar-refractivity contribution is 5.95. The van der Waals surface area contributed by atoms with E-state index < -0.39 is 66.4 Å². The van der Waals surface area contributed by atoms with Crippen LogP contribution in [-0.2, 0) is 24.0 Å². The van der Waals surface area contributed by atoms with E-state index in [9.17, 15) is 29.1 Å². The predicted molar refractivity (Wildman–Crippen MR) is 104 cm³/mol. The Kier molecular flexibility index (Phi) is 12.2. The van der Waals surface area contributed by atoms with Crippen molar-refractivity contribution in [3.05, 3.63) is 0 Å². The number of aliphatic carboxylic acids is 2. The lowest BCUT2D eigenvalue weighted by Crippen LogP contribution is -2.59. The molecule has 5 atom stereocenters. The van der Waals surface area contributed by atoms with E-state index in [1.54, 1.807) is 0 Å². The van der Waals surface area contributed by atoms with Gasteiger partial charge < -0.3 is 42.7 Å². The topological polar surface area (TPSA) is 234 Å². The summed E-state index contributed by atoms with van der Waals surface area (Å²) in [5.41, 5.74) is 11.1. The molecule has 0 aliphatic carbocycles. The summed E-state index contributed by atoms with van der Waals surface area (Å²) in [5, 5.41) is 34.1. The fraction of sp³-hybridized carbons (Fsp3) is 0.706. The zero-order valence-corrected chi connectivity index (χ0v) is 17.0. The van der Waals surface area contributed by atoms with Gasteiger partial charge in [-0.2, -0.15) is 0 Å². The molecule has 0 fully saturated rings. The molecule has 0 aromatic heterocycles. The molecule has 0 bridgehead atoms. The molecule has 5 unspecified atom stereocenters. The minimum absolute atomic E-state index is 0.274. The van der Waals surface area contributed by atoms with E-state index in [4.69, 9.17) is 21.7 Å². The van der Waals surface area contributed by atoms with Gasteiger partial charge in [-0.1, -0.05) is 6.42 Å². The highest BCUT2D eigenvalue weighted by atomic mass is 16.4. The molecule has 172 valence electrons. The van der Waals surface area contributed by atoms with Gasteiger partial charge in [-0.3, -0.25) is 24.0 Å². The van der Waals surface area contributed by atoms with Crippen LogP contribution < -0.4 is 27.4 Å². The van der Waals surface area contributed by atoms with Crippen LogP contribution in [-0.4, -0.2) is 81.8 Å². The van der Waals surface area contributed by atoms with Crippen LogP contribution in [0, 0.1) is 0 Å². The van der Waals surface area contributed by atoms with E-state index in [1.807, 2.05) is 0 Å². The van der Waals surface area contributed by atoms with E-state index in [-0.39, 0.29) is 6.42 Å². The largest absolute Gasteiger partial charge is 0.481 e. The van der Waals surface area contributed by atoms with Crippen molar-refractivity contribution in [2.45, 2.75) is 69.8 Å². The number of nitrogens with two attached hydrogens (primary N) is 2. The van der Waals surface area contributed by atoms with E-state index >= 15 is 0 Å². The number of hydrogen-bond donors (Lipinski definition) is 8. The lowest BCUT2D eigenvalue weighted by molar-refractivity contribution is -0.143. The first-order chi connectivity index (χ1) is 13.9. The first-order valence-electron chi connectivity index (χ1n) is 9.40. The summed E-state index contributed by atoms with van der Waals surface area (Å²) < 4.78 is 0. The second kappa shape index (κ2) is 13.5. The van der Waals surface area contributed by atoms with Gasteiger partial charge in [-0.25, -0.2) is 0 Å². The Balaban J connectivity index is 5.21. The van der Waals surface area contributed by atoms with Crippen LogP contribution in [0.2, 0.25) is 0 Å². The molecule has 0 heterocycles. The maximum Gasteiger partial charge on any atom is 0.325 e. The van der Waals surface area contributed by atoms with Gasteiger partial charge in [0.25, 0.3) is 0 Å².